The minimum absolute atomic E-state index is 0.152. The van der Waals surface area contributed by atoms with Gasteiger partial charge in [0.15, 0.2) is 17.3 Å². The molecule has 0 atom stereocenters. The van der Waals surface area contributed by atoms with E-state index >= 15 is 0 Å². The van der Waals surface area contributed by atoms with Crippen molar-refractivity contribution >= 4 is 22.4 Å². The van der Waals surface area contributed by atoms with Crippen LogP contribution in [0, 0.1) is 0 Å². The number of rotatable bonds is 10. The van der Waals surface area contributed by atoms with E-state index in [1.165, 1.54) is 0 Å². The summed E-state index contributed by atoms with van der Waals surface area (Å²) < 4.78 is 10.7. The fraction of sp³-hybridized carbons (Fsp3) is 0.348. The smallest absolute Gasteiger partial charge is 0.181 e. The van der Waals surface area contributed by atoms with Gasteiger partial charge in [-0.25, -0.2) is 0 Å². The van der Waals surface area contributed by atoms with Crippen LogP contribution >= 0.6 is 0 Å². The van der Waals surface area contributed by atoms with E-state index in [4.69, 9.17) is 9.47 Å². The summed E-state index contributed by atoms with van der Waals surface area (Å²) in [6.07, 6.45) is 3.65. The van der Waals surface area contributed by atoms with E-state index < -0.39 is 0 Å². The Bertz CT molecular complexity index is 946. The predicted molar refractivity (Wildman–Crippen MR) is 114 cm³/mol. The number of para-hydroxylation sites is 1. The SMILES string of the molecule is CCCCCC(=O)c1[nH]c2ccccc2c1NCc1ccc(OC)c(OC)c1. The second-order valence-electron chi connectivity index (χ2n) is 6.84. The van der Waals surface area contributed by atoms with Gasteiger partial charge in [-0.15, -0.1) is 0 Å². The van der Waals surface area contributed by atoms with Gasteiger partial charge in [0.25, 0.3) is 0 Å². The molecular formula is C23H28N2O3. The number of hydrogen-bond acceptors (Lipinski definition) is 4. The highest BCUT2D eigenvalue weighted by molar-refractivity contribution is 6.09. The number of benzene rings is 2. The largest absolute Gasteiger partial charge is 0.493 e. The van der Waals surface area contributed by atoms with Crippen LogP contribution < -0.4 is 14.8 Å². The number of aromatic nitrogens is 1. The average molecular weight is 380 g/mol. The fourth-order valence-corrected chi connectivity index (χ4v) is 3.38. The summed E-state index contributed by atoms with van der Waals surface area (Å²) in [4.78, 5) is 16.1. The molecule has 2 aromatic carbocycles. The molecule has 0 bridgehead atoms. The molecular weight excluding hydrogens is 352 g/mol. The molecule has 5 nitrogen and oxygen atoms in total. The molecule has 0 fully saturated rings. The molecule has 1 aromatic heterocycles. The molecule has 2 N–H and O–H groups in total. The maximum absolute atomic E-state index is 12.8. The fourth-order valence-electron chi connectivity index (χ4n) is 3.38. The van der Waals surface area contributed by atoms with Crippen molar-refractivity contribution in [3.05, 3.63) is 53.7 Å². The number of unbranched alkanes of at least 4 members (excludes halogenated alkanes) is 2. The first-order valence-electron chi connectivity index (χ1n) is 9.76. The van der Waals surface area contributed by atoms with E-state index in [9.17, 15) is 4.79 Å². The highest BCUT2D eigenvalue weighted by atomic mass is 16.5. The monoisotopic (exact) mass is 380 g/mol. The van der Waals surface area contributed by atoms with Crippen molar-refractivity contribution in [3.63, 3.8) is 0 Å². The van der Waals surface area contributed by atoms with E-state index in [2.05, 4.69) is 17.2 Å². The standard InChI is InChI=1S/C23H28N2O3/c1-4-5-6-11-19(26)23-22(17-9-7-8-10-18(17)25-23)24-15-16-12-13-20(27-2)21(14-16)28-3/h7-10,12-14,24-25H,4-6,11,15H2,1-3H3. The lowest BCUT2D eigenvalue weighted by molar-refractivity contribution is 0.0976. The third-order valence-electron chi connectivity index (χ3n) is 4.91. The van der Waals surface area contributed by atoms with Crippen molar-refractivity contribution in [2.75, 3.05) is 19.5 Å². The van der Waals surface area contributed by atoms with Crippen molar-refractivity contribution in [2.45, 2.75) is 39.2 Å². The van der Waals surface area contributed by atoms with E-state index in [-0.39, 0.29) is 5.78 Å². The lowest BCUT2D eigenvalue weighted by atomic mass is 10.1. The summed E-state index contributed by atoms with van der Waals surface area (Å²) >= 11 is 0. The van der Waals surface area contributed by atoms with Gasteiger partial charge >= 0.3 is 0 Å². The minimum atomic E-state index is 0.152. The molecule has 3 aromatic rings. The van der Waals surface area contributed by atoms with Gasteiger partial charge in [-0.3, -0.25) is 4.79 Å². The normalized spacial score (nSPS) is 10.8. The van der Waals surface area contributed by atoms with Gasteiger partial charge in [-0.2, -0.15) is 0 Å². The van der Waals surface area contributed by atoms with Crippen LogP contribution in [0.25, 0.3) is 10.9 Å². The van der Waals surface area contributed by atoms with Gasteiger partial charge in [0.05, 0.1) is 19.9 Å². The Kier molecular flexibility index (Phi) is 6.58. The number of H-pyrrole nitrogens is 1. The average Bonchev–Trinajstić information content (AvgIpc) is 3.10. The number of ketones is 1. The Hall–Kier alpha value is -2.95. The Morgan fingerprint density at radius 1 is 1.04 bits per heavy atom. The Morgan fingerprint density at radius 3 is 2.57 bits per heavy atom. The Morgan fingerprint density at radius 2 is 1.82 bits per heavy atom. The van der Waals surface area contributed by atoms with Crippen LogP contribution in [0.2, 0.25) is 0 Å². The van der Waals surface area contributed by atoms with Crippen LogP contribution in [0.4, 0.5) is 5.69 Å². The van der Waals surface area contributed by atoms with E-state index in [0.717, 1.165) is 41.4 Å². The molecule has 0 aliphatic rings. The zero-order valence-corrected chi connectivity index (χ0v) is 16.8. The van der Waals surface area contributed by atoms with E-state index in [1.54, 1.807) is 14.2 Å². The van der Waals surface area contributed by atoms with Gasteiger partial charge in [0, 0.05) is 23.9 Å². The number of fused-ring (bicyclic) bond motifs is 1. The van der Waals surface area contributed by atoms with Gasteiger partial charge in [-0.05, 0) is 30.2 Å². The molecule has 3 rings (SSSR count). The van der Waals surface area contributed by atoms with Gasteiger partial charge in [0.1, 0.15) is 5.69 Å². The highest BCUT2D eigenvalue weighted by Gasteiger charge is 2.17. The summed E-state index contributed by atoms with van der Waals surface area (Å²) in [5.74, 6) is 1.54. The first-order valence-corrected chi connectivity index (χ1v) is 9.76. The van der Waals surface area contributed by atoms with Crippen molar-refractivity contribution < 1.29 is 14.3 Å². The summed E-state index contributed by atoms with van der Waals surface area (Å²) in [6.45, 7) is 2.72. The lowest BCUT2D eigenvalue weighted by Crippen LogP contribution is -2.06. The number of ether oxygens (including phenoxy) is 2. The van der Waals surface area contributed by atoms with Crippen LogP contribution in [-0.4, -0.2) is 25.0 Å². The van der Waals surface area contributed by atoms with Crippen molar-refractivity contribution in [3.8, 4) is 11.5 Å². The number of anilines is 1. The van der Waals surface area contributed by atoms with Crippen LogP contribution in [0.5, 0.6) is 11.5 Å². The van der Waals surface area contributed by atoms with Gasteiger partial charge < -0.3 is 19.8 Å². The quantitative estimate of drug-likeness (QED) is 0.357. The van der Waals surface area contributed by atoms with Crippen molar-refractivity contribution in [2.24, 2.45) is 0 Å². The third kappa shape index (κ3) is 4.30. The number of nitrogens with one attached hydrogen (secondary N) is 2. The van der Waals surface area contributed by atoms with Crippen LogP contribution in [0.15, 0.2) is 42.5 Å². The molecule has 0 radical (unpaired) electrons. The summed E-state index contributed by atoms with van der Waals surface area (Å²) in [6, 6.07) is 13.8. The zero-order chi connectivity index (χ0) is 19.9. The first kappa shape index (κ1) is 19.8. The number of Topliss-reactive ketones (excluding diaryl/α,β-unsaturated/α-hetero) is 1. The topological polar surface area (TPSA) is 63.4 Å². The molecule has 0 aliphatic carbocycles. The molecule has 28 heavy (non-hydrogen) atoms. The maximum Gasteiger partial charge on any atom is 0.181 e. The van der Waals surface area contributed by atoms with Crippen LogP contribution in [0.3, 0.4) is 0 Å². The Labute approximate surface area is 166 Å². The second kappa shape index (κ2) is 9.31. The molecule has 0 aliphatic heterocycles. The van der Waals surface area contributed by atoms with Crippen molar-refractivity contribution in [1.29, 1.82) is 0 Å². The lowest BCUT2D eigenvalue weighted by Gasteiger charge is -2.12. The molecule has 0 saturated heterocycles. The van der Waals surface area contributed by atoms with Gasteiger partial charge in [-0.1, -0.05) is 44.0 Å². The minimum Gasteiger partial charge on any atom is -0.493 e. The predicted octanol–water partition coefficient (Wildman–Crippen LogP) is 5.56. The number of hydrogen-bond donors (Lipinski definition) is 2. The molecule has 0 amide bonds. The molecule has 1 heterocycles. The second-order valence-corrected chi connectivity index (χ2v) is 6.84. The Balaban J connectivity index is 1.85. The summed E-state index contributed by atoms with van der Waals surface area (Å²) in [5.41, 5.74) is 3.55. The molecule has 5 heteroatoms. The van der Waals surface area contributed by atoms with Crippen LogP contribution in [0.1, 0.15) is 48.7 Å². The molecule has 0 unspecified atom stereocenters. The highest BCUT2D eigenvalue weighted by Crippen LogP contribution is 2.31. The van der Waals surface area contributed by atoms with Gasteiger partial charge in [0.2, 0.25) is 0 Å². The third-order valence-corrected chi connectivity index (χ3v) is 4.91. The van der Waals surface area contributed by atoms with E-state index in [0.29, 0.717) is 30.2 Å². The van der Waals surface area contributed by atoms with Crippen molar-refractivity contribution in [1.82, 2.24) is 4.98 Å². The number of aromatic amines is 1. The molecule has 148 valence electrons. The number of carbonyl (C=O) groups excluding carboxylic acids is 1. The van der Waals surface area contributed by atoms with Crippen LogP contribution in [-0.2, 0) is 6.54 Å². The number of carbonyl (C=O) groups is 1. The first-order chi connectivity index (χ1) is 13.7. The van der Waals surface area contributed by atoms with E-state index in [1.807, 2.05) is 42.5 Å². The molecule has 0 saturated carbocycles. The summed E-state index contributed by atoms with van der Waals surface area (Å²) in [5, 5.41) is 4.49. The molecule has 0 spiro atoms. The zero-order valence-electron chi connectivity index (χ0n) is 16.8. The maximum atomic E-state index is 12.8. The summed E-state index contributed by atoms with van der Waals surface area (Å²) in [7, 11) is 3.25. The number of methoxy groups -OCH3 is 2.